The Hall–Kier alpha value is -2.09. The fourth-order valence-electron chi connectivity index (χ4n) is 2.10. The molecule has 2 aromatic carbocycles. The fraction of sp³-hybridized carbons (Fsp3) is 0.0769. The summed E-state index contributed by atoms with van der Waals surface area (Å²) in [5, 5.41) is 0. The molecular weight excluding hydrogens is 280 g/mol. The van der Waals surface area contributed by atoms with Crippen molar-refractivity contribution in [2.45, 2.75) is 5.79 Å². The van der Waals surface area contributed by atoms with Crippen LogP contribution < -0.4 is 11.5 Å². The van der Waals surface area contributed by atoms with Gasteiger partial charge in [0.05, 0.1) is 0 Å². The molecule has 1 fully saturated rings. The maximum absolute atomic E-state index is 11.3. The normalized spacial score (nSPS) is 19.2. The van der Waals surface area contributed by atoms with Crippen molar-refractivity contribution in [1.82, 2.24) is 0 Å². The molecule has 0 atom stereocenters. The summed E-state index contributed by atoms with van der Waals surface area (Å²) in [5.41, 5.74) is 13.4. The van der Waals surface area contributed by atoms with Crippen LogP contribution in [0.4, 0.5) is 11.4 Å². The summed E-state index contributed by atoms with van der Waals surface area (Å²) in [6.07, 6.45) is 0. The average Bonchev–Trinajstić information content (AvgIpc) is 2.36. The van der Waals surface area contributed by atoms with E-state index in [1.165, 1.54) is 0 Å². The zero-order chi connectivity index (χ0) is 14.4. The van der Waals surface area contributed by atoms with Crippen LogP contribution in [-0.4, -0.2) is 8.42 Å². The molecular formula is C13H12N2O4S. The van der Waals surface area contributed by atoms with E-state index in [9.17, 15) is 8.42 Å². The molecule has 0 amide bonds. The quantitative estimate of drug-likeness (QED) is 0.809. The van der Waals surface area contributed by atoms with Gasteiger partial charge in [0.25, 0.3) is 5.79 Å². The number of hydrogen-bond donors (Lipinski definition) is 2. The summed E-state index contributed by atoms with van der Waals surface area (Å²) >= 11 is 0. The minimum atomic E-state index is -3.98. The van der Waals surface area contributed by atoms with E-state index in [0.29, 0.717) is 22.5 Å². The van der Waals surface area contributed by atoms with Crippen LogP contribution in [0.1, 0.15) is 11.1 Å². The first-order chi connectivity index (χ1) is 9.41. The minimum absolute atomic E-state index is 0.480. The Morgan fingerprint density at radius 3 is 2.05 bits per heavy atom. The van der Waals surface area contributed by atoms with E-state index in [0.717, 1.165) is 0 Å². The average molecular weight is 292 g/mol. The molecule has 6 nitrogen and oxygen atoms in total. The van der Waals surface area contributed by atoms with Crippen LogP contribution in [0, 0.1) is 0 Å². The Kier molecular flexibility index (Phi) is 2.72. The summed E-state index contributed by atoms with van der Waals surface area (Å²) in [7, 11) is -3.98. The van der Waals surface area contributed by atoms with E-state index in [2.05, 4.69) is 0 Å². The van der Waals surface area contributed by atoms with Crippen molar-refractivity contribution in [3.63, 3.8) is 0 Å². The number of anilines is 2. The van der Waals surface area contributed by atoms with Gasteiger partial charge in [0.15, 0.2) is 0 Å². The van der Waals surface area contributed by atoms with E-state index in [4.69, 9.17) is 19.8 Å². The summed E-state index contributed by atoms with van der Waals surface area (Å²) < 4.78 is 32.7. The number of benzene rings is 2. The summed E-state index contributed by atoms with van der Waals surface area (Å²) in [4.78, 5) is 0. The predicted octanol–water partition coefficient (Wildman–Crippen LogP) is 1.34. The largest absolute Gasteiger partial charge is 0.406 e. The lowest BCUT2D eigenvalue weighted by atomic mass is 9.97. The summed E-state index contributed by atoms with van der Waals surface area (Å²) in [6, 6.07) is 13.2. The zero-order valence-corrected chi connectivity index (χ0v) is 11.1. The Labute approximate surface area is 116 Å². The van der Waals surface area contributed by atoms with E-state index >= 15 is 0 Å². The van der Waals surface area contributed by atoms with Crippen molar-refractivity contribution >= 4 is 21.8 Å². The van der Waals surface area contributed by atoms with Crippen molar-refractivity contribution < 1.29 is 16.8 Å². The minimum Gasteiger partial charge on any atom is -0.399 e. The Morgan fingerprint density at radius 2 is 1.50 bits per heavy atom. The standard InChI is InChI=1S/C13H12N2O4S/c14-11-6-4-9(5-7-11)13(18-20(16,17)19-13)10-2-1-3-12(15)8-10/h1-8H,14-15H2. The number of rotatable bonds is 2. The van der Waals surface area contributed by atoms with Crippen molar-refractivity contribution in [2.75, 3.05) is 11.5 Å². The second-order valence-electron chi connectivity index (χ2n) is 4.44. The van der Waals surface area contributed by atoms with E-state index in [1.54, 1.807) is 48.5 Å². The first-order valence-corrected chi connectivity index (χ1v) is 7.13. The monoisotopic (exact) mass is 292 g/mol. The molecule has 104 valence electrons. The third kappa shape index (κ3) is 2.01. The van der Waals surface area contributed by atoms with Gasteiger partial charge in [0.1, 0.15) is 0 Å². The van der Waals surface area contributed by atoms with Gasteiger partial charge in [-0.15, -0.1) is 0 Å². The summed E-state index contributed by atoms with van der Waals surface area (Å²) in [6.45, 7) is 0. The highest BCUT2D eigenvalue weighted by molar-refractivity contribution is 7.82. The molecule has 0 bridgehead atoms. The lowest BCUT2D eigenvalue weighted by molar-refractivity contribution is -0.162. The number of nitrogen functional groups attached to an aromatic ring is 2. The Morgan fingerprint density at radius 1 is 0.850 bits per heavy atom. The van der Waals surface area contributed by atoms with E-state index < -0.39 is 16.2 Å². The summed E-state index contributed by atoms with van der Waals surface area (Å²) in [5.74, 6) is -1.50. The molecule has 1 saturated heterocycles. The van der Waals surface area contributed by atoms with Crippen molar-refractivity contribution in [2.24, 2.45) is 0 Å². The SMILES string of the molecule is Nc1ccc(C2(c3cccc(N)c3)OS(=O)(=O)O2)cc1. The molecule has 20 heavy (non-hydrogen) atoms. The molecule has 1 aliphatic rings. The molecule has 0 spiro atoms. The molecule has 0 aliphatic carbocycles. The van der Waals surface area contributed by atoms with Gasteiger partial charge >= 0.3 is 10.4 Å². The van der Waals surface area contributed by atoms with Crippen LogP contribution in [0.3, 0.4) is 0 Å². The van der Waals surface area contributed by atoms with Gasteiger partial charge in [0, 0.05) is 22.5 Å². The maximum atomic E-state index is 11.3. The molecule has 0 unspecified atom stereocenters. The van der Waals surface area contributed by atoms with E-state index in [-0.39, 0.29) is 0 Å². The van der Waals surface area contributed by atoms with Gasteiger partial charge in [-0.3, -0.25) is 0 Å². The fourth-order valence-corrected chi connectivity index (χ4v) is 3.07. The molecule has 1 aliphatic heterocycles. The van der Waals surface area contributed by atoms with Crippen molar-refractivity contribution in [3.8, 4) is 0 Å². The van der Waals surface area contributed by atoms with Crippen LogP contribution in [0.5, 0.6) is 0 Å². The Balaban J connectivity index is 2.13. The molecule has 0 saturated carbocycles. The smallest absolute Gasteiger partial charge is 0.399 e. The van der Waals surface area contributed by atoms with Gasteiger partial charge in [-0.2, -0.15) is 8.42 Å². The maximum Gasteiger partial charge on any atom is 0.406 e. The number of hydrogen-bond acceptors (Lipinski definition) is 6. The van der Waals surface area contributed by atoms with E-state index in [1.807, 2.05) is 0 Å². The van der Waals surface area contributed by atoms with Crippen LogP contribution in [0.25, 0.3) is 0 Å². The highest BCUT2D eigenvalue weighted by Gasteiger charge is 2.55. The highest BCUT2D eigenvalue weighted by Crippen LogP contribution is 2.46. The lowest BCUT2D eigenvalue weighted by Gasteiger charge is -2.39. The molecule has 2 aromatic rings. The van der Waals surface area contributed by atoms with Gasteiger partial charge < -0.3 is 11.5 Å². The molecule has 0 radical (unpaired) electrons. The zero-order valence-electron chi connectivity index (χ0n) is 10.3. The molecule has 1 heterocycles. The van der Waals surface area contributed by atoms with Gasteiger partial charge in [-0.05, 0) is 24.3 Å². The van der Waals surface area contributed by atoms with Crippen LogP contribution in [-0.2, 0) is 24.6 Å². The van der Waals surface area contributed by atoms with Crippen LogP contribution in [0.15, 0.2) is 48.5 Å². The van der Waals surface area contributed by atoms with Crippen LogP contribution in [0.2, 0.25) is 0 Å². The van der Waals surface area contributed by atoms with Gasteiger partial charge in [-0.25, -0.2) is 8.37 Å². The first-order valence-electron chi connectivity index (χ1n) is 5.79. The topological polar surface area (TPSA) is 105 Å². The molecule has 0 aromatic heterocycles. The third-order valence-corrected chi connectivity index (χ3v) is 3.87. The van der Waals surface area contributed by atoms with Gasteiger partial charge in [0.2, 0.25) is 0 Å². The van der Waals surface area contributed by atoms with Crippen LogP contribution >= 0.6 is 0 Å². The first kappa shape index (κ1) is 12.9. The molecule has 7 heteroatoms. The van der Waals surface area contributed by atoms with Crippen molar-refractivity contribution in [1.29, 1.82) is 0 Å². The predicted molar refractivity (Wildman–Crippen MR) is 73.6 cm³/mol. The van der Waals surface area contributed by atoms with Gasteiger partial charge in [-0.1, -0.05) is 24.3 Å². The molecule has 3 rings (SSSR count). The second-order valence-corrected chi connectivity index (χ2v) is 5.59. The second kappa shape index (κ2) is 4.20. The number of nitrogens with two attached hydrogens (primary N) is 2. The van der Waals surface area contributed by atoms with Crippen molar-refractivity contribution in [3.05, 3.63) is 59.7 Å². The Bertz CT molecular complexity index is 744. The molecule has 4 N–H and O–H groups in total. The highest BCUT2D eigenvalue weighted by atomic mass is 32.3. The third-order valence-electron chi connectivity index (χ3n) is 3.00. The lowest BCUT2D eigenvalue weighted by Crippen LogP contribution is -2.48.